The first-order chi connectivity index (χ1) is 9.63. The Balaban J connectivity index is 2.07. The molecular weight excluding hydrogens is 262 g/mol. The molecule has 1 aliphatic rings. The number of ether oxygens (including phenoxy) is 1. The van der Waals surface area contributed by atoms with E-state index in [0.717, 1.165) is 17.4 Å². The number of rotatable bonds is 5. The van der Waals surface area contributed by atoms with E-state index in [-0.39, 0.29) is 30.6 Å². The molecule has 0 bridgehead atoms. The lowest BCUT2D eigenvalue weighted by Crippen LogP contribution is -2.26. The summed E-state index contributed by atoms with van der Waals surface area (Å²) in [5.74, 6) is 0.168. The molecular formula is C13H13N3O4. The summed E-state index contributed by atoms with van der Waals surface area (Å²) >= 11 is 0. The Hall–Kier alpha value is -2.62. The summed E-state index contributed by atoms with van der Waals surface area (Å²) < 4.78 is 5.32. The Bertz CT molecular complexity index is 580. The van der Waals surface area contributed by atoms with Gasteiger partial charge in [0, 0.05) is 12.0 Å². The molecule has 1 aromatic rings. The van der Waals surface area contributed by atoms with Crippen LogP contribution in [0, 0.1) is 17.2 Å². The van der Waals surface area contributed by atoms with Gasteiger partial charge in [-0.25, -0.2) is 9.78 Å². The van der Waals surface area contributed by atoms with Gasteiger partial charge in [0.25, 0.3) is 0 Å². The van der Waals surface area contributed by atoms with E-state index in [9.17, 15) is 9.59 Å². The number of carbonyl (C=O) groups excluding carboxylic acids is 1. The van der Waals surface area contributed by atoms with Crippen LogP contribution in [-0.2, 0) is 17.6 Å². The van der Waals surface area contributed by atoms with Crippen LogP contribution >= 0.6 is 0 Å². The van der Waals surface area contributed by atoms with Crippen molar-refractivity contribution in [2.24, 2.45) is 5.92 Å². The monoisotopic (exact) mass is 275 g/mol. The minimum absolute atomic E-state index is 0.108. The fourth-order valence-electron chi connectivity index (χ4n) is 2.20. The van der Waals surface area contributed by atoms with Gasteiger partial charge in [-0.15, -0.1) is 0 Å². The van der Waals surface area contributed by atoms with Gasteiger partial charge in [0.05, 0.1) is 6.54 Å². The van der Waals surface area contributed by atoms with Crippen LogP contribution in [0.25, 0.3) is 0 Å². The number of hydrogen-bond acceptors (Lipinski definition) is 5. The molecule has 1 aliphatic carbocycles. The predicted molar refractivity (Wildman–Crippen MR) is 67.4 cm³/mol. The van der Waals surface area contributed by atoms with E-state index in [1.165, 1.54) is 0 Å². The average Bonchev–Trinajstić information content (AvgIpc) is 2.85. The number of hydrogen-bond donors (Lipinski definition) is 2. The molecule has 0 spiro atoms. The zero-order valence-corrected chi connectivity index (χ0v) is 10.6. The molecule has 2 rings (SSSR count). The highest BCUT2D eigenvalue weighted by atomic mass is 16.5. The van der Waals surface area contributed by atoms with Gasteiger partial charge in [0.15, 0.2) is 0 Å². The smallest absolute Gasteiger partial charge is 0.404 e. The average molecular weight is 275 g/mol. The summed E-state index contributed by atoms with van der Waals surface area (Å²) in [6.45, 7) is 0.257. The molecule has 0 aliphatic heterocycles. The van der Waals surface area contributed by atoms with Gasteiger partial charge in [-0.1, -0.05) is 0 Å². The van der Waals surface area contributed by atoms with Gasteiger partial charge in [-0.2, -0.15) is 5.26 Å². The van der Waals surface area contributed by atoms with Crippen molar-refractivity contribution in [2.75, 3.05) is 13.2 Å². The van der Waals surface area contributed by atoms with Crippen molar-refractivity contribution in [3.8, 4) is 11.9 Å². The number of carboxylic acid groups (broad SMARTS) is 1. The van der Waals surface area contributed by atoms with Gasteiger partial charge < -0.3 is 20.0 Å². The molecule has 0 saturated heterocycles. The number of nitrogens with zero attached hydrogens (tertiary/aromatic N) is 2. The molecule has 0 aromatic carbocycles. The SMILES string of the molecule is N#Cc1nc(OCCNC(=O)O)cc2c1CC(C=O)C2. The van der Waals surface area contributed by atoms with Crippen molar-refractivity contribution in [3.63, 3.8) is 0 Å². The molecule has 104 valence electrons. The largest absolute Gasteiger partial charge is 0.476 e. The minimum atomic E-state index is -1.12. The third kappa shape index (κ3) is 3.03. The Morgan fingerprint density at radius 1 is 1.65 bits per heavy atom. The van der Waals surface area contributed by atoms with Gasteiger partial charge in [-0.05, 0) is 24.0 Å². The lowest BCUT2D eigenvalue weighted by molar-refractivity contribution is -0.110. The normalized spacial score (nSPS) is 16.1. The van der Waals surface area contributed by atoms with Crippen LogP contribution in [-0.4, -0.2) is 35.6 Å². The first kappa shape index (κ1) is 13.8. The second-order valence-electron chi connectivity index (χ2n) is 4.44. The fraction of sp³-hybridized carbons (Fsp3) is 0.385. The van der Waals surface area contributed by atoms with E-state index in [2.05, 4.69) is 10.3 Å². The lowest BCUT2D eigenvalue weighted by Gasteiger charge is -2.08. The first-order valence-electron chi connectivity index (χ1n) is 6.11. The van der Waals surface area contributed by atoms with E-state index in [1.807, 2.05) is 6.07 Å². The molecule has 0 radical (unpaired) electrons. The number of nitrogens with one attached hydrogen (secondary N) is 1. The van der Waals surface area contributed by atoms with Crippen molar-refractivity contribution in [1.82, 2.24) is 10.3 Å². The Morgan fingerprint density at radius 2 is 2.45 bits per heavy atom. The summed E-state index contributed by atoms with van der Waals surface area (Å²) in [6.07, 6.45) is 0.885. The van der Waals surface area contributed by atoms with Crippen LogP contribution in [0.5, 0.6) is 5.88 Å². The maximum atomic E-state index is 10.8. The summed E-state index contributed by atoms with van der Waals surface area (Å²) in [6, 6.07) is 3.71. The second kappa shape index (κ2) is 6.02. The summed E-state index contributed by atoms with van der Waals surface area (Å²) in [4.78, 5) is 25.2. The van der Waals surface area contributed by atoms with Gasteiger partial charge in [0.2, 0.25) is 5.88 Å². The molecule has 1 heterocycles. The van der Waals surface area contributed by atoms with Crippen LogP contribution in [0.4, 0.5) is 4.79 Å². The summed E-state index contributed by atoms with van der Waals surface area (Å²) in [5.41, 5.74) is 1.98. The molecule has 7 heteroatoms. The Kier molecular flexibility index (Phi) is 4.15. The van der Waals surface area contributed by atoms with Crippen LogP contribution in [0.1, 0.15) is 16.8 Å². The molecule has 0 saturated carbocycles. The molecule has 0 fully saturated rings. The number of aromatic nitrogens is 1. The molecule has 20 heavy (non-hydrogen) atoms. The van der Waals surface area contributed by atoms with Gasteiger partial charge in [-0.3, -0.25) is 0 Å². The van der Waals surface area contributed by atoms with E-state index in [0.29, 0.717) is 12.8 Å². The topological polar surface area (TPSA) is 112 Å². The van der Waals surface area contributed by atoms with Gasteiger partial charge >= 0.3 is 6.09 Å². The third-order valence-electron chi connectivity index (χ3n) is 3.07. The zero-order valence-electron chi connectivity index (χ0n) is 10.6. The van der Waals surface area contributed by atoms with Crippen molar-refractivity contribution >= 4 is 12.4 Å². The maximum absolute atomic E-state index is 10.8. The van der Waals surface area contributed by atoms with Crippen LogP contribution in [0.2, 0.25) is 0 Å². The number of amides is 1. The summed E-state index contributed by atoms with van der Waals surface area (Å²) in [5, 5.41) is 19.7. The zero-order chi connectivity index (χ0) is 14.5. The van der Waals surface area contributed by atoms with Crippen molar-refractivity contribution in [2.45, 2.75) is 12.8 Å². The van der Waals surface area contributed by atoms with E-state index in [4.69, 9.17) is 15.1 Å². The van der Waals surface area contributed by atoms with Crippen LogP contribution < -0.4 is 10.1 Å². The maximum Gasteiger partial charge on any atom is 0.404 e. The highest BCUT2D eigenvalue weighted by Crippen LogP contribution is 2.30. The molecule has 1 unspecified atom stereocenters. The quantitative estimate of drug-likeness (QED) is 0.598. The number of nitriles is 1. The number of fused-ring (bicyclic) bond motifs is 1. The standard InChI is InChI=1S/C13H13N3O4/c14-6-11-10-4-8(7-17)3-9(10)5-12(16-11)20-2-1-15-13(18)19/h5,7-8,15H,1-4H2,(H,18,19). The number of pyridine rings is 1. The van der Waals surface area contributed by atoms with E-state index >= 15 is 0 Å². The fourth-order valence-corrected chi connectivity index (χ4v) is 2.20. The van der Waals surface area contributed by atoms with E-state index < -0.39 is 6.09 Å². The van der Waals surface area contributed by atoms with Crippen molar-refractivity contribution in [3.05, 3.63) is 22.9 Å². The molecule has 1 amide bonds. The van der Waals surface area contributed by atoms with Crippen molar-refractivity contribution < 1.29 is 19.4 Å². The Morgan fingerprint density at radius 3 is 3.10 bits per heavy atom. The molecule has 2 N–H and O–H groups in total. The molecule has 7 nitrogen and oxygen atoms in total. The highest BCUT2D eigenvalue weighted by molar-refractivity contribution is 5.64. The van der Waals surface area contributed by atoms with Gasteiger partial charge in [0.1, 0.15) is 24.7 Å². The van der Waals surface area contributed by atoms with Crippen LogP contribution in [0.3, 0.4) is 0 Å². The Labute approximate surface area is 115 Å². The van der Waals surface area contributed by atoms with Crippen molar-refractivity contribution in [1.29, 1.82) is 5.26 Å². The molecule has 1 atom stereocenters. The molecule has 1 aromatic heterocycles. The lowest BCUT2D eigenvalue weighted by atomic mass is 10.1. The second-order valence-corrected chi connectivity index (χ2v) is 4.44. The van der Waals surface area contributed by atoms with Crippen LogP contribution in [0.15, 0.2) is 6.07 Å². The highest BCUT2D eigenvalue weighted by Gasteiger charge is 2.25. The number of aldehydes is 1. The van der Waals surface area contributed by atoms with E-state index in [1.54, 1.807) is 6.07 Å². The third-order valence-corrected chi connectivity index (χ3v) is 3.07. The predicted octanol–water partition coefficient (Wildman–Crippen LogP) is 0.513. The minimum Gasteiger partial charge on any atom is -0.476 e. The number of carbonyl (C=O) groups is 2. The summed E-state index contributed by atoms with van der Waals surface area (Å²) in [7, 11) is 0. The first-order valence-corrected chi connectivity index (χ1v) is 6.11.